The summed E-state index contributed by atoms with van der Waals surface area (Å²) in [6, 6.07) is 10.1. The lowest BCUT2D eigenvalue weighted by Crippen LogP contribution is -2.14. The van der Waals surface area contributed by atoms with Crippen molar-refractivity contribution in [3.05, 3.63) is 59.0 Å². The summed E-state index contributed by atoms with van der Waals surface area (Å²) in [5.41, 5.74) is 5.77. The molecule has 4 rings (SSSR count). The highest BCUT2D eigenvalue weighted by Gasteiger charge is 2.31. The molecule has 1 aliphatic heterocycles. The molecule has 1 aliphatic rings. The number of thioether (sulfide) groups is 1. The van der Waals surface area contributed by atoms with Crippen LogP contribution in [0.15, 0.2) is 41.7 Å². The summed E-state index contributed by atoms with van der Waals surface area (Å²) in [5.74, 6) is 0.688. The highest BCUT2D eigenvalue weighted by Crippen LogP contribution is 2.30. The lowest BCUT2D eigenvalue weighted by atomic mass is 10.1. The Morgan fingerprint density at radius 1 is 1.19 bits per heavy atom. The number of hydrogen-bond acceptors (Lipinski definition) is 5. The number of carbonyl (C=O) groups excluding carboxylic acids is 1. The molecule has 0 amide bonds. The number of nitrogens with zero attached hydrogens (tertiary/aromatic N) is 3. The SMILES string of the molecule is Cc1ccc(-c2cnc(SCC(=O)c3cc(C)n([C@@H]4CCS(=O)(=O)C4)c3C)n2C)cc1. The number of ketones is 1. The molecule has 0 radical (unpaired) electrons. The van der Waals surface area contributed by atoms with Crippen LogP contribution in [0.3, 0.4) is 0 Å². The van der Waals surface area contributed by atoms with Crippen molar-refractivity contribution in [1.29, 1.82) is 0 Å². The molecule has 164 valence electrons. The van der Waals surface area contributed by atoms with Gasteiger partial charge in [-0.25, -0.2) is 13.4 Å². The maximum Gasteiger partial charge on any atom is 0.175 e. The van der Waals surface area contributed by atoms with Crippen molar-refractivity contribution in [3.8, 4) is 11.3 Å². The zero-order chi connectivity index (χ0) is 22.3. The fourth-order valence-corrected chi connectivity index (χ4v) is 6.86. The van der Waals surface area contributed by atoms with Crippen molar-refractivity contribution < 1.29 is 13.2 Å². The summed E-state index contributed by atoms with van der Waals surface area (Å²) in [6.07, 6.45) is 2.44. The molecule has 3 heterocycles. The first-order valence-corrected chi connectivity index (χ1v) is 13.1. The minimum absolute atomic E-state index is 0.0325. The molecule has 0 unspecified atom stereocenters. The molecule has 3 aromatic rings. The molecular formula is C23H27N3O3S2. The van der Waals surface area contributed by atoms with Gasteiger partial charge in [-0.3, -0.25) is 4.79 Å². The van der Waals surface area contributed by atoms with Gasteiger partial charge < -0.3 is 9.13 Å². The Morgan fingerprint density at radius 3 is 2.55 bits per heavy atom. The van der Waals surface area contributed by atoms with Gasteiger partial charge in [-0.05, 0) is 38.8 Å². The zero-order valence-corrected chi connectivity index (χ0v) is 19.9. The number of aromatic nitrogens is 3. The molecule has 1 fully saturated rings. The molecule has 0 saturated carbocycles. The van der Waals surface area contributed by atoms with E-state index in [4.69, 9.17) is 0 Å². The van der Waals surface area contributed by atoms with Crippen LogP contribution < -0.4 is 0 Å². The number of imidazole rings is 1. The number of aryl methyl sites for hydroxylation is 2. The van der Waals surface area contributed by atoms with Gasteiger partial charge in [0.25, 0.3) is 0 Å². The van der Waals surface area contributed by atoms with Crippen LogP contribution in [0.4, 0.5) is 0 Å². The number of hydrogen-bond donors (Lipinski definition) is 0. The quantitative estimate of drug-likeness (QED) is 0.411. The summed E-state index contributed by atoms with van der Waals surface area (Å²) in [6.45, 7) is 5.91. The minimum atomic E-state index is -2.98. The van der Waals surface area contributed by atoms with E-state index < -0.39 is 9.84 Å². The van der Waals surface area contributed by atoms with Crippen LogP contribution in [0.25, 0.3) is 11.3 Å². The second kappa shape index (κ2) is 8.31. The van der Waals surface area contributed by atoms with Gasteiger partial charge in [0.1, 0.15) is 0 Å². The Labute approximate surface area is 187 Å². The van der Waals surface area contributed by atoms with E-state index in [1.54, 1.807) is 0 Å². The Hall–Kier alpha value is -2.32. The summed E-state index contributed by atoms with van der Waals surface area (Å²) in [5, 5.41) is 0.791. The molecule has 31 heavy (non-hydrogen) atoms. The van der Waals surface area contributed by atoms with Crippen molar-refractivity contribution in [2.75, 3.05) is 17.3 Å². The topological polar surface area (TPSA) is 74.0 Å². The van der Waals surface area contributed by atoms with Gasteiger partial charge in [-0.2, -0.15) is 0 Å². The third-order valence-electron chi connectivity index (χ3n) is 5.98. The summed E-state index contributed by atoms with van der Waals surface area (Å²) in [7, 11) is -1.02. The van der Waals surface area contributed by atoms with E-state index in [1.807, 2.05) is 42.3 Å². The molecule has 0 spiro atoms. The third kappa shape index (κ3) is 4.36. The second-order valence-electron chi connectivity index (χ2n) is 8.27. The lowest BCUT2D eigenvalue weighted by molar-refractivity contribution is 0.102. The van der Waals surface area contributed by atoms with Crippen LogP contribution in [-0.4, -0.2) is 45.6 Å². The van der Waals surface area contributed by atoms with E-state index in [0.29, 0.717) is 12.0 Å². The monoisotopic (exact) mass is 457 g/mol. The third-order valence-corrected chi connectivity index (χ3v) is 8.78. The van der Waals surface area contributed by atoms with Gasteiger partial charge in [-0.15, -0.1) is 0 Å². The van der Waals surface area contributed by atoms with Gasteiger partial charge in [0.15, 0.2) is 20.8 Å². The second-order valence-corrected chi connectivity index (χ2v) is 11.4. The minimum Gasteiger partial charge on any atom is -0.344 e. The average molecular weight is 458 g/mol. The molecular weight excluding hydrogens is 430 g/mol. The van der Waals surface area contributed by atoms with Crippen molar-refractivity contribution in [3.63, 3.8) is 0 Å². The van der Waals surface area contributed by atoms with Crippen LogP contribution in [0.1, 0.15) is 39.8 Å². The molecule has 8 heteroatoms. The summed E-state index contributed by atoms with van der Waals surface area (Å²) < 4.78 is 27.8. The van der Waals surface area contributed by atoms with Crippen LogP contribution in [-0.2, 0) is 16.9 Å². The van der Waals surface area contributed by atoms with Gasteiger partial charge in [-0.1, -0.05) is 41.6 Å². The molecule has 1 aromatic carbocycles. The van der Waals surface area contributed by atoms with E-state index in [2.05, 4.69) is 36.2 Å². The largest absolute Gasteiger partial charge is 0.344 e. The highest BCUT2D eigenvalue weighted by atomic mass is 32.2. The molecule has 0 aliphatic carbocycles. The number of sulfone groups is 1. The van der Waals surface area contributed by atoms with Crippen LogP contribution in [0.2, 0.25) is 0 Å². The summed E-state index contributed by atoms with van der Waals surface area (Å²) >= 11 is 1.42. The van der Waals surface area contributed by atoms with Gasteiger partial charge in [0, 0.05) is 30.0 Å². The first-order chi connectivity index (χ1) is 14.7. The van der Waals surface area contributed by atoms with E-state index in [1.165, 1.54) is 17.3 Å². The average Bonchev–Trinajstić information content (AvgIpc) is 3.35. The maximum atomic E-state index is 13.0. The number of Topliss-reactive ketones (excluding diaryl/α,β-unsaturated/α-hetero) is 1. The molecule has 6 nitrogen and oxygen atoms in total. The highest BCUT2D eigenvalue weighted by molar-refractivity contribution is 7.99. The van der Waals surface area contributed by atoms with Crippen molar-refractivity contribution in [2.45, 2.75) is 38.4 Å². The molecule has 1 saturated heterocycles. The Balaban J connectivity index is 1.49. The lowest BCUT2D eigenvalue weighted by Gasteiger charge is -2.16. The van der Waals surface area contributed by atoms with Crippen LogP contribution >= 0.6 is 11.8 Å². The number of carbonyl (C=O) groups is 1. The van der Waals surface area contributed by atoms with Gasteiger partial charge in [0.2, 0.25) is 0 Å². The summed E-state index contributed by atoms with van der Waals surface area (Å²) in [4.78, 5) is 17.5. The number of rotatable bonds is 6. The smallest absolute Gasteiger partial charge is 0.175 e. The van der Waals surface area contributed by atoms with E-state index >= 15 is 0 Å². The Morgan fingerprint density at radius 2 is 1.90 bits per heavy atom. The Bertz CT molecular complexity index is 1240. The maximum absolute atomic E-state index is 13.0. The number of benzene rings is 1. The van der Waals surface area contributed by atoms with Crippen molar-refractivity contribution >= 4 is 27.4 Å². The first-order valence-electron chi connectivity index (χ1n) is 10.3. The normalized spacial score (nSPS) is 17.9. The molecule has 2 aromatic heterocycles. The van der Waals surface area contributed by atoms with Crippen molar-refractivity contribution in [2.24, 2.45) is 7.05 Å². The molecule has 1 atom stereocenters. The zero-order valence-electron chi connectivity index (χ0n) is 18.3. The van der Waals surface area contributed by atoms with Crippen LogP contribution in [0, 0.1) is 20.8 Å². The molecule has 0 bridgehead atoms. The fraction of sp³-hybridized carbons (Fsp3) is 0.391. The van der Waals surface area contributed by atoms with E-state index in [-0.39, 0.29) is 29.1 Å². The van der Waals surface area contributed by atoms with E-state index in [9.17, 15) is 13.2 Å². The first kappa shape index (κ1) is 21.9. The van der Waals surface area contributed by atoms with E-state index in [0.717, 1.165) is 27.8 Å². The van der Waals surface area contributed by atoms with Gasteiger partial charge in [0.05, 0.1) is 29.1 Å². The fourth-order valence-electron chi connectivity index (χ4n) is 4.33. The molecule has 0 N–H and O–H groups in total. The van der Waals surface area contributed by atoms with Gasteiger partial charge >= 0.3 is 0 Å². The standard InChI is InChI=1S/C23H27N3O3S2/c1-15-5-7-18(8-6-15)21-12-24-23(25(21)4)30-13-22(27)20-11-16(2)26(17(20)3)19-9-10-31(28,29)14-19/h5-8,11-12,19H,9-10,13-14H2,1-4H3/t19-/m1/s1. The predicted octanol–water partition coefficient (Wildman–Crippen LogP) is 4.15. The van der Waals surface area contributed by atoms with Crippen molar-refractivity contribution in [1.82, 2.24) is 14.1 Å². The van der Waals surface area contributed by atoms with Crippen LogP contribution in [0.5, 0.6) is 0 Å². The predicted molar refractivity (Wildman–Crippen MR) is 125 cm³/mol. The Kier molecular flexibility index (Phi) is 5.87.